The minimum absolute atomic E-state index is 0.107. The van der Waals surface area contributed by atoms with E-state index in [4.69, 9.17) is 0 Å². The Morgan fingerprint density at radius 1 is 1.35 bits per heavy atom. The molecule has 6 heteroatoms. The molecule has 0 spiro atoms. The van der Waals surface area contributed by atoms with Gasteiger partial charge in [-0.05, 0) is 31.7 Å². The number of amides is 1. The first kappa shape index (κ1) is 17.0. The van der Waals surface area contributed by atoms with Gasteiger partial charge in [-0.3, -0.25) is 14.3 Å². The zero-order valence-electron chi connectivity index (χ0n) is 13.9. The van der Waals surface area contributed by atoms with Gasteiger partial charge in [0.1, 0.15) is 0 Å². The second-order valence-electron chi connectivity index (χ2n) is 5.63. The third kappa shape index (κ3) is 4.09. The van der Waals surface area contributed by atoms with E-state index in [1.807, 2.05) is 11.6 Å². The molecule has 0 saturated carbocycles. The van der Waals surface area contributed by atoms with Gasteiger partial charge in [0.2, 0.25) is 5.56 Å². The topological polar surface area (TPSA) is 79.8 Å². The van der Waals surface area contributed by atoms with Gasteiger partial charge >= 0.3 is 0 Å². The molecule has 2 rings (SSSR count). The molecule has 2 heterocycles. The third-order valence-corrected chi connectivity index (χ3v) is 4.13. The molecule has 0 bridgehead atoms. The Bertz CT molecular complexity index is 693. The van der Waals surface area contributed by atoms with Gasteiger partial charge in [-0.2, -0.15) is 5.10 Å². The number of aromatic amines is 1. The lowest BCUT2D eigenvalue weighted by molar-refractivity contribution is 0.0953. The van der Waals surface area contributed by atoms with E-state index in [1.54, 1.807) is 18.5 Å². The quantitative estimate of drug-likeness (QED) is 0.822. The highest BCUT2D eigenvalue weighted by atomic mass is 16.1. The molecule has 0 unspecified atom stereocenters. The first-order valence-electron chi connectivity index (χ1n) is 8.06. The molecule has 2 N–H and O–H groups in total. The lowest BCUT2D eigenvalue weighted by Gasteiger charge is -2.15. The summed E-state index contributed by atoms with van der Waals surface area (Å²) in [6.07, 6.45) is 5.97. The van der Waals surface area contributed by atoms with Gasteiger partial charge in [0, 0.05) is 24.5 Å². The fourth-order valence-corrected chi connectivity index (χ4v) is 2.66. The summed E-state index contributed by atoms with van der Waals surface area (Å²) in [6.45, 7) is 6.70. The van der Waals surface area contributed by atoms with Crippen LogP contribution in [0.5, 0.6) is 0 Å². The number of nitrogens with zero attached hydrogens (tertiary/aromatic N) is 2. The van der Waals surface area contributed by atoms with Crippen LogP contribution in [-0.4, -0.2) is 27.2 Å². The molecule has 2 aromatic heterocycles. The average molecular weight is 316 g/mol. The second-order valence-corrected chi connectivity index (χ2v) is 5.63. The van der Waals surface area contributed by atoms with Crippen molar-refractivity contribution in [3.63, 3.8) is 0 Å². The number of carbonyl (C=O) groups excluding carboxylic acids is 1. The number of hydrogen-bond donors (Lipinski definition) is 2. The maximum Gasteiger partial charge on any atom is 0.254 e. The van der Waals surface area contributed by atoms with Crippen LogP contribution >= 0.6 is 0 Å². The van der Waals surface area contributed by atoms with Crippen LogP contribution in [0.2, 0.25) is 0 Å². The zero-order chi connectivity index (χ0) is 16.8. The maximum atomic E-state index is 12.3. The Kier molecular flexibility index (Phi) is 5.73. The fraction of sp³-hybridized carbons (Fsp3) is 0.471. The third-order valence-electron chi connectivity index (χ3n) is 4.13. The monoisotopic (exact) mass is 316 g/mol. The first-order chi connectivity index (χ1) is 11.1. The number of H-pyrrole nitrogens is 1. The van der Waals surface area contributed by atoms with Crippen molar-refractivity contribution in [3.05, 3.63) is 51.7 Å². The summed E-state index contributed by atoms with van der Waals surface area (Å²) < 4.78 is 1.94. The molecule has 2 aromatic rings. The van der Waals surface area contributed by atoms with Crippen LogP contribution in [0.25, 0.3) is 0 Å². The molecule has 0 atom stereocenters. The largest absolute Gasteiger partial charge is 0.352 e. The van der Waals surface area contributed by atoms with Crippen molar-refractivity contribution in [2.45, 2.75) is 46.1 Å². The molecule has 124 valence electrons. The Hall–Kier alpha value is -2.37. The highest BCUT2D eigenvalue weighted by molar-refractivity contribution is 5.95. The van der Waals surface area contributed by atoms with E-state index in [9.17, 15) is 9.59 Å². The lowest BCUT2D eigenvalue weighted by Crippen LogP contribution is -2.26. The van der Waals surface area contributed by atoms with Gasteiger partial charge in [0.05, 0.1) is 17.8 Å². The highest BCUT2D eigenvalue weighted by Crippen LogP contribution is 2.19. The van der Waals surface area contributed by atoms with E-state index in [-0.39, 0.29) is 11.5 Å². The van der Waals surface area contributed by atoms with E-state index < -0.39 is 0 Å². The summed E-state index contributed by atoms with van der Waals surface area (Å²) in [6, 6.07) is 3.58. The van der Waals surface area contributed by atoms with Gasteiger partial charge < -0.3 is 10.3 Å². The van der Waals surface area contributed by atoms with Gasteiger partial charge in [0.25, 0.3) is 5.91 Å². The van der Waals surface area contributed by atoms with Crippen molar-refractivity contribution in [2.24, 2.45) is 0 Å². The molecule has 0 radical (unpaired) electrons. The van der Waals surface area contributed by atoms with Crippen LogP contribution in [0.3, 0.4) is 0 Å². The molecule has 0 aliphatic carbocycles. The fourth-order valence-electron chi connectivity index (χ4n) is 2.66. The predicted octanol–water partition coefficient (Wildman–Crippen LogP) is 2.21. The van der Waals surface area contributed by atoms with Crippen LogP contribution in [-0.2, 0) is 6.42 Å². The first-order valence-corrected chi connectivity index (χ1v) is 8.06. The summed E-state index contributed by atoms with van der Waals surface area (Å²) in [7, 11) is 0. The zero-order valence-corrected chi connectivity index (χ0v) is 13.9. The molecule has 23 heavy (non-hydrogen) atoms. The molecule has 0 fully saturated rings. The van der Waals surface area contributed by atoms with E-state index in [2.05, 4.69) is 29.2 Å². The number of rotatable bonds is 7. The van der Waals surface area contributed by atoms with Gasteiger partial charge in [-0.15, -0.1) is 0 Å². The minimum atomic E-state index is -0.123. The van der Waals surface area contributed by atoms with Crippen LogP contribution in [0.15, 0.2) is 29.3 Å². The van der Waals surface area contributed by atoms with Gasteiger partial charge in [-0.25, -0.2) is 0 Å². The molecule has 0 aliphatic rings. The normalized spacial score (nSPS) is 11.0. The van der Waals surface area contributed by atoms with Crippen LogP contribution in [0, 0.1) is 6.92 Å². The molecule has 0 saturated heterocycles. The van der Waals surface area contributed by atoms with Crippen LogP contribution < -0.4 is 10.9 Å². The molecular formula is C17H24N4O2. The summed E-state index contributed by atoms with van der Waals surface area (Å²) in [5.74, 6) is -0.107. The van der Waals surface area contributed by atoms with Crippen molar-refractivity contribution in [1.29, 1.82) is 0 Å². The van der Waals surface area contributed by atoms with Crippen LogP contribution in [0.1, 0.15) is 54.3 Å². The molecular weight excluding hydrogens is 292 g/mol. The van der Waals surface area contributed by atoms with Crippen molar-refractivity contribution in [1.82, 2.24) is 20.1 Å². The summed E-state index contributed by atoms with van der Waals surface area (Å²) >= 11 is 0. The summed E-state index contributed by atoms with van der Waals surface area (Å²) in [5, 5.41) is 7.28. The number of carbonyl (C=O) groups is 1. The predicted molar refractivity (Wildman–Crippen MR) is 89.7 cm³/mol. The van der Waals surface area contributed by atoms with Crippen molar-refractivity contribution in [2.75, 3.05) is 6.54 Å². The van der Waals surface area contributed by atoms with E-state index in [0.29, 0.717) is 24.6 Å². The SMILES string of the molecule is CCC(CC)n1ncc(C(=O)NCCc2ccc(=O)[nH]c2)c1C. The highest BCUT2D eigenvalue weighted by Gasteiger charge is 2.17. The number of pyridine rings is 1. The van der Waals surface area contributed by atoms with Gasteiger partial charge in [-0.1, -0.05) is 19.9 Å². The molecule has 1 amide bonds. The Labute approximate surface area is 135 Å². The van der Waals surface area contributed by atoms with Gasteiger partial charge in [0.15, 0.2) is 0 Å². The maximum absolute atomic E-state index is 12.3. The lowest BCUT2D eigenvalue weighted by atomic mass is 10.1. The summed E-state index contributed by atoms with van der Waals surface area (Å²) in [4.78, 5) is 25.9. The molecule has 0 aromatic carbocycles. The average Bonchev–Trinajstić information content (AvgIpc) is 2.92. The minimum Gasteiger partial charge on any atom is -0.352 e. The van der Waals surface area contributed by atoms with Crippen LogP contribution in [0.4, 0.5) is 0 Å². The van der Waals surface area contributed by atoms with Crippen molar-refractivity contribution in [3.8, 4) is 0 Å². The van der Waals surface area contributed by atoms with E-state index >= 15 is 0 Å². The molecule has 6 nitrogen and oxygen atoms in total. The Morgan fingerprint density at radius 3 is 2.70 bits per heavy atom. The smallest absolute Gasteiger partial charge is 0.254 e. The standard InChI is InChI=1S/C17H24N4O2/c1-4-14(5-2)21-12(3)15(11-20-21)17(23)18-9-8-13-6-7-16(22)19-10-13/h6-7,10-11,14H,4-5,8-9H2,1-3H3,(H,18,23)(H,19,22). The Morgan fingerprint density at radius 2 is 2.09 bits per heavy atom. The van der Waals surface area contributed by atoms with E-state index in [1.165, 1.54) is 6.07 Å². The van der Waals surface area contributed by atoms with Crippen molar-refractivity contribution >= 4 is 5.91 Å². The number of hydrogen-bond acceptors (Lipinski definition) is 3. The number of nitrogens with one attached hydrogen (secondary N) is 2. The Balaban J connectivity index is 1.95. The molecule has 0 aliphatic heterocycles. The second kappa shape index (κ2) is 7.76. The number of aromatic nitrogens is 3. The summed E-state index contributed by atoms with van der Waals surface area (Å²) in [5.41, 5.74) is 2.38. The van der Waals surface area contributed by atoms with Crippen molar-refractivity contribution < 1.29 is 4.79 Å². The van der Waals surface area contributed by atoms with E-state index in [0.717, 1.165) is 24.1 Å².